The van der Waals surface area contributed by atoms with Crippen molar-refractivity contribution in [3.8, 4) is 0 Å². The van der Waals surface area contributed by atoms with Crippen LogP contribution in [0, 0.1) is 23.0 Å². The maximum absolute atomic E-state index is 12.7. The van der Waals surface area contributed by atoms with Gasteiger partial charge in [-0.2, -0.15) is 4.31 Å². The highest BCUT2D eigenvalue weighted by atomic mass is 32.2. The van der Waals surface area contributed by atoms with Gasteiger partial charge in [-0.05, 0) is 24.8 Å². The van der Waals surface area contributed by atoms with Crippen molar-refractivity contribution in [3.05, 3.63) is 33.9 Å². The summed E-state index contributed by atoms with van der Waals surface area (Å²) >= 11 is 0. The largest absolute Gasteiger partial charge is 0.327 e. The molecule has 1 aromatic rings. The van der Waals surface area contributed by atoms with E-state index in [2.05, 4.69) is 0 Å². The normalized spacial score (nSPS) is 24.0. The molecule has 8 heteroatoms. The molecule has 1 aliphatic rings. The molecule has 21 heavy (non-hydrogen) atoms. The fraction of sp³-hybridized carbons (Fsp3) is 0.538. The van der Waals surface area contributed by atoms with Crippen molar-refractivity contribution in [1.29, 1.82) is 0 Å². The lowest BCUT2D eigenvalue weighted by Gasteiger charge is -2.34. The van der Waals surface area contributed by atoms with Crippen LogP contribution in [0.5, 0.6) is 0 Å². The molecule has 116 valence electrons. The monoisotopic (exact) mass is 313 g/mol. The highest BCUT2D eigenvalue weighted by molar-refractivity contribution is 7.89. The number of nitro groups is 1. The first-order chi connectivity index (χ1) is 9.73. The number of aryl methyl sites for hydroxylation is 1. The Hall–Kier alpha value is -1.51. The van der Waals surface area contributed by atoms with E-state index in [4.69, 9.17) is 5.73 Å². The smallest absolute Gasteiger partial charge is 0.270 e. The Morgan fingerprint density at radius 1 is 1.43 bits per heavy atom. The Balaban J connectivity index is 2.40. The van der Waals surface area contributed by atoms with Crippen molar-refractivity contribution in [2.24, 2.45) is 11.7 Å². The lowest BCUT2D eigenvalue weighted by atomic mass is 9.96. The Morgan fingerprint density at radius 2 is 2.10 bits per heavy atom. The van der Waals surface area contributed by atoms with Crippen LogP contribution in [-0.4, -0.2) is 36.8 Å². The van der Waals surface area contributed by atoms with Gasteiger partial charge in [-0.1, -0.05) is 13.0 Å². The lowest BCUT2D eigenvalue weighted by molar-refractivity contribution is -0.385. The molecule has 0 spiro atoms. The predicted molar refractivity (Wildman–Crippen MR) is 78.3 cm³/mol. The van der Waals surface area contributed by atoms with E-state index in [0.717, 1.165) is 6.07 Å². The number of nitrogens with two attached hydrogens (primary N) is 1. The van der Waals surface area contributed by atoms with Gasteiger partial charge in [0.15, 0.2) is 0 Å². The van der Waals surface area contributed by atoms with E-state index in [9.17, 15) is 18.5 Å². The topological polar surface area (TPSA) is 107 Å². The number of piperidine rings is 1. The number of hydrogen-bond acceptors (Lipinski definition) is 5. The molecule has 0 aliphatic carbocycles. The Labute approximate surface area is 123 Å². The minimum absolute atomic E-state index is 0.000582. The van der Waals surface area contributed by atoms with Gasteiger partial charge in [0.05, 0.1) is 9.82 Å². The lowest BCUT2D eigenvalue weighted by Crippen LogP contribution is -2.48. The van der Waals surface area contributed by atoms with Gasteiger partial charge in [-0.25, -0.2) is 8.42 Å². The van der Waals surface area contributed by atoms with Gasteiger partial charge in [0.2, 0.25) is 10.0 Å². The number of non-ortho nitro benzene ring substituents is 1. The number of sulfonamides is 1. The first-order valence-corrected chi connectivity index (χ1v) is 8.18. The predicted octanol–water partition coefficient (Wildman–Crippen LogP) is 1.26. The summed E-state index contributed by atoms with van der Waals surface area (Å²) in [4.78, 5) is 10.3. The fourth-order valence-electron chi connectivity index (χ4n) is 2.46. The standard InChI is InChI=1S/C13H19N3O4S/c1-9-3-4-11(16(17)18)7-13(9)21(19,20)15-6-5-12(14)10(2)8-15/h3-4,7,10,12H,5-6,8,14H2,1-2H3. The quantitative estimate of drug-likeness (QED) is 0.668. The summed E-state index contributed by atoms with van der Waals surface area (Å²) < 4.78 is 26.8. The molecule has 2 N–H and O–H groups in total. The van der Waals surface area contributed by atoms with Crippen molar-refractivity contribution in [2.75, 3.05) is 13.1 Å². The van der Waals surface area contributed by atoms with Crippen LogP contribution in [0.2, 0.25) is 0 Å². The molecule has 2 atom stereocenters. The summed E-state index contributed by atoms with van der Waals surface area (Å²) in [5.41, 5.74) is 6.19. The molecule has 7 nitrogen and oxygen atoms in total. The van der Waals surface area contributed by atoms with Crippen LogP contribution in [0.4, 0.5) is 5.69 Å². The molecule has 2 rings (SSSR count). The van der Waals surface area contributed by atoms with E-state index in [0.29, 0.717) is 25.1 Å². The number of rotatable bonds is 3. The van der Waals surface area contributed by atoms with E-state index >= 15 is 0 Å². The van der Waals surface area contributed by atoms with E-state index < -0.39 is 14.9 Å². The average molecular weight is 313 g/mol. The zero-order valence-corrected chi connectivity index (χ0v) is 12.8. The van der Waals surface area contributed by atoms with Gasteiger partial charge in [0, 0.05) is 31.3 Å². The second-order valence-corrected chi connectivity index (χ2v) is 7.41. The average Bonchev–Trinajstić information content (AvgIpc) is 2.41. The van der Waals surface area contributed by atoms with Crippen LogP contribution in [-0.2, 0) is 10.0 Å². The van der Waals surface area contributed by atoms with E-state index in [-0.39, 0.29) is 22.5 Å². The third-order valence-electron chi connectivity index (χ3n) is 3.93. The molecular formula is C13H19N3O4S. The van der Waals surface area contributed by atoms with E-state index in [1.165, 1.54) is 16.4 Å². The summed E-state index contributed by atoms with van der Waals surface area (Å²) in [5.74, 6) is 0.0625. The van der Waals surface area contributed by atoms with Crippen molar-refractivity contribution >= 4 is 15.7 Å². The van der Waals surface area contributed by atoms with Crippen molar-refractivity contribution in [3.63, 3.8) is 0 Å². The molecule has 1 fully saturated rings. The molecule has 1 aromatic carbocycles. The molecule has 0 amide bonds. The third-order valence-corrected chi connectivity index (χ3v) is 5.94. The maximum atomic E-state index is 12.7. The summed E-state index contributed by atoms with van der Waals surface area (Å²) in [6.07, 6.45) is 0.592. The van der Waals surface area contributed by atoms with E-state index in [1.54, 1.807) is 6.92 Å². The SMILES string of the molecule is Cc1ccc([N+](=O)[O-])cc1S(=O)(=O)N1CCC(N)C(C)C1. The molecule has 0 radical (unpaired) electrons. The van der Waals surface area contributed by atoms with Crippen LogP contribution in [0.1, 0.15) is 18.9 Å². The number of hydrogen-bond donors (Lipinski definition) is 1. The highest BCUT2D eigenvalue weighted by Gasteiger charge is 2.33. The summed E-state index contributed by atoms with van der Waals surface area (Å²) in [7, 11) is -3.73. The first kappa shape index (κ1) is 15.9. The van der Waals surface area contributed by atoms with Crippen LogP contribution in [0.25, 0.3) is 0 Å². The van der Waals surface area contributed by atoms with Crippen molar-refractivity contribution in [2.45, 2.75) is 31.2 Å². The Morgan fingerprint density at radius 3 is 2.67 bits per heavy atom. The molecule has 0 aromatic heterocycles. The zero-order chi connectivity index (χ0) is 15.8. The van der Waals surface area contributed by atoms with Crippen molar-refractivity contribution < 1.29 is 13.3 Å². The van der Waals surface area contributed by atoms with Gasteiger partial charge in [0.1, 0.15) is 0 Å². The zero-order valence-electron chi connectivity index (χ0n) is 12.0. The van der Waals surface area contributed by atoms with Gasteiger partial charge in [-0.3, -0.25) is 10.1 Å². The Kier molecular flexibility index (Phi) is 4.31. The molecule has 0 saturated carbocycles. The van der Waals surface area contributed by atoms with Crippen LogP contribution in [0.3, 0.4) is 0 Å². The van der Waals surface area contributed by atoms with Crippen LogP contribution in [0.15, 0.2) is 23.1 Å². The first-order valence-electron chi connectivity index (χ1n) is 6.74. The number of nitro benzene ring substituents is 1. The molecule has 2 unspecified atom stereocenters. The summed E-state index contributed by atoms with van der Waals surface area (Å²) in [5, 5.41) is 10.8. The second kappa shape index (κ2) is 5.70. The summed E-state index contributed by atoms with van der Waals surface area (Å²) in [6.45, 7) is 4.23. The van der Waals surface area contributed by atoms with Gasteiger partial charge in [-0.15, -0.1) is 0 Å². The number of nitrogens with zero attached hydrogens (tertiary/aromatic N) is 2. The minimum atomic E-state index is -3.73. The molecule has 1 heterocycles. The molecular weight excluding hydrogens is 294 g/mol. The molecule has 1 aliphatic heterocycles. The second-order valence-electron chi connectivity index (χ2n) is 5.50. The Bertz CT molecular complexity index is 659. The highest BCUT2D eigenvalue weighted by Crippen LogP contribution is 2.27. The fourth-order valence-corrected chi connectivity index (χ4v) is 4.26. The minimum Gasteiger partial charge on any atom is -0.327 e. The molecule has 0 bridgehead atoms. The van der Waals surface area contributed by atoms with E-state index in [1.807, 2.05) is 6.92 Å². The van der Waals surface area contributed by atoms with Gasteiger partial charge < -0.3 is 5.73 Å². The molecule has 1 saturated heterocycles. The van der Waals surface area contributed by atoms with Crippen LogP contribution < -0.4 is 5.73 Å². The van der Waals surface area contributed by atoms with Crippen molar-refractivity contribution in [1.82, 2.24) is 4.31 Å². The maximum Gasteiger partial charge on any atom is 0.270 e. The third kappa shape index (κ3) is 3.07. The van der Waals surface area contributed by atoms with Gasteiger partial charge >= 0.3 is 0 Å². The number of benzene rings is 1. The van der Waals surface area contributed by atoms with Gasteiger partial charge in [0.25, 0.3) is 5.69 Å². The summed E-state index contributed by atoms with van der Waals surface area (Å²) in [6, 6.07) is 3.89. The van der Waals surface area contributed by atoms with Crippen LogP contribution >= 0.6 is 0 Å².